The highest BCUT2D eigenvalue weighted by Crippen LogP contribution is 2.45. The van der Waals surface area contributed by atoms with Crippen LogP contribution in [0.15, 0.2) is 42.7 Å². The summed E-state index contributed by atoms with van der Waals surface area (Å²) in [4.78, 5) is 23.9. The van der Waals surface area contributed by atoms with Crippen LogP contribution in [-0.2, 0) is 17.5 Å². The number of nitrogens with zero attached hydrogens (tertiary/aromatic N) is 5. The van der Waals surface area contributed by atoms with E-state index in [0.717, 1.165) is 63.4 Å². The second kappa shape index (κ2) is 9.74. The summed E-state index contributed by atoms with van der Waals surface area (Å²) in [6.07, 6.45) is 3.47. The topological polar surface area (TPSA) is 63.5 Å². The molecule has 36 heavy (non-hydrogen) atoms. The third-order valence-corrected chi connectivity index (χ3v) is 8.06. The van der Waals surface area contributed by atoms with Crippen LogP contribution >= 0.6 is 0 Å². The molecular weight excluding hydrogens is 467 g/mol. The normalized spacial score (nSPS) is 22.2. The van der Waals surface area contributed by atoms with E-state index in [4.69, 9.17) is 5.26 Å². The fourth-order valence-corrected chi connectivity index (χ4v) is 6.09. The molecule has 1 atom stereocenters. The number of piperidine rings is 1. The molecule has 1 aromatic carbocycles. The summed E-state index contributed by atoms with van der Waals surface area (Å²) < 4.78 is 40.4. The maximum Gasteiger partial charge on any atom is 0.417 e. The van der Waals surface area contributed by atoms with Crippen molar-refractivity contribution in [3.8, 4) is 6.07 Å². The number of halogens is 3. The van der Waals surface area contributed by atoms with Gasteiger partial charge in [-0.25, -0.2) is 0 Å². The number of benzene rings is 1. The minimum Gasteiger partial charge on any atom is -0.371 e. The van der Waals surface area contributed by atoms with Gasteiger partial charge in [0.2, 0.25) is 5.91 Å². The highest BCUT2D eigenvalue weighted by molar-refractivity contribution is 5.82. The molecule has 1 unspecified atom stereocenters. The molecule has 3 fully saturated rings. The minimum absolute atomic E-state index is 0.0387. The third kappa shape index (κ3) is 4.92. The lowest BCUT2D eigenvalue weighted by Gasteiger charge is -2.40. The zero-order valence-electron chi connectivity index (χ0n) is 20.2. The number of anilines is 1. The van der Waals surface area contributed by atoms with Crippen LogP contribution in [0.5, 0.6) is 0 Å². The molecule has 3 aliphatic rings. The fraction of sp³-hybridized carbons (Fsp3) is 0.519. The first kappa shape index (κ1) is 24.6. The first-order valence-electron chi connectivity index (χ1n) is 12.6. The summed E-state index contributed by atoms with van der Waals surface area (Å²) in [5.41, 5.74) is 0.334. The van der Waals surface area contributed by atoms with Gasteiger partial charge in [0.15, 0.2) is 0 Å². The van der Waals surface area contributed by atoms with Crippen molar-refractivity contribution in [1.29, 1.82) is 5.26 Å². The van der Waals surface area contributed by atoms with Crippen LogP contribution in [0.2, 0.25) is 0 Å². The summed E-state index contributed by atoms with van der Waals surface area (Å²) >= 11 is 0. The molecule has 1 spiro atoms. The van der Waals surface area contributed by atoms with E-state index in [1.54, 1.807) is 24.5 Å². The van der Waals surface area contributed by atoms with Crippen molar-refractivity contribution in [1.82, 2.24) is 14.8 Å². The Morgan fingerprint density at radius 3 is 2.42 bits per heavy atom. The molecule has 6 nitrogen and oxygen atoms in total. The van der Waals surface area contributed by atoms with Crippen LogP contribution in [0, 0.1) is 16.7 Å². The zero-order chi connectivity index (χ0) is 25.3. The Kier molecular flexibility index (Phi) is 6.64. The number of amides is 1. The van der Waals surface area contributed by atoms with Crippen LogP contribution < -0.4 is 4.90 Å². The number of aromatic nitrogens is 1. The summed E-state index contributed by atoms with van der Waals surface area (Å²) in [6, 6.07) is 9.41. The molecule has 0 saturated carbocycles. The average Bonchev–Trinajstić information content (AvgIpc) is 3.53. The Morgan fingerprint density at radius 2 is 1.78 bits per heavy atom. The molecule has 1 amide bonds. The number of nitriles is 1. The van der Waals surface area contributed by atoms with Crippen LogP contribution in [-0.4, -0.2) is 59.5 Å². The minimum atomic E-state index is -4.57. The molecule has 5 rings (SSSR count). The van der Waals surface area contributed by atoms with Gasteiger partial charge in [-0.2, -0.15) is 18.4 Å². The fourth-order valence-electron chi connectivity index (χ4n) is 6.09. The van der Waals surface area contributed by atoms with Crippen molar-refractivity contribution >= 4 is 11.6 Å². The van der Waals surface area contributed by atoms with E-state index in [1.807, 2.05) is 21.9 Å². The molecule has 0 bridgehead atoms. The maximum atomic E-state index is 13.5. The van der Waals surface area contributed by atoms with Gasteiger partial charge in [0.05, 0.1) is 23.2 Å². The number of pyridine rings is 1. The zero-order valence-corrected chi connectivity index (χ0v) is 20.2. The predicted molar refractivity (Wildman–Crippen MR) is 129 cm³/mol. The van der Waals surface area contributed by atoms with Crippen LogP contribution in [0.3, 0.4) is 0 Å². The Bertz CT molecular complexity index is 1130. The first-order chi connectivity index (χ1) is 17.3. The van der Waals surface area contributed by atoms with E-state index in [-0.39, 0.29) is 22.9 Å². The number of carbonyl (C=O) groups excluding carboxylic acids is 1. The largest absolute Gasteiger partial charge is 0.417 e. The van der Waals surface area contributed by atoms with Crippen LogP contribution in [0.1, 0.15) is 48.8 Å². The van der Waals surface area contributed by atoms with Gasteiger partial charge in [-0.3, -0.25) is 14.7 Å². The highest BCUT2D eigenvalue weighted by Gasteiger charge is 2.49. The van der Waals surface area contributed by atoms with Crippen LogP contribution in [0.4, 0.5) is 18.9 Å². The van der Waals surface area contributed by atoms with E-state index >= 15 is 0 Å². The Labute approximate surface area is 209 Å². The van der Waals surface area contributed by atoms with Crippen LogP contribution in [0.25, 0.3) is 0 Å². The number of carbonyl (C=O) groups is 1. The van der Waals surface area contributed by atoms with E-state index in [1.165, 1.54) is 6.07 Å². The quantitative estimate of drug-likeness (QED) is 0.625. The van der Waals surface area contributed by atoms with Gasteiger partial charge in [-0.1, -0.05) is 0 Å². The molecule has 3 aliphatic heterocycles. The molecule has 0 radical (unpaired) electrons. The molecule has 3 saturated heterocycles. The lowest BCUT2D eigenvalue weighted by Crippen LogP contribution is -2.44. The van der Waals surface area contributed by atoms with Crippen molar-refractivity contribution in [2.45, 2.75) is 50.9 Å². The van der Waals surface area contributed by atoms with E-state index in [0.29, 0.717) is 25.3 Å². The summed E-state index contributed by atoms with van der Waals surface area (Å²) in [7, 11) is 0. The summed E-state index contributed by atoms with van der Waals surface area (Å²) in [5, 5.41) is 9.10. The molecule has 2 aromatic rings. The highest BCUT2D eigenvalue weighted by atomic mass is 19.4. The monoisotopic (exact) mass is 497 g/mol. The molecule has 0 N–H and O–H groups in total. The van der Waals surface area contributed by atoms with Crippen molar-refractivity contribution in [2.24, 2.45) is 5.41 Å². The van der Waals surface area contributed by atoms with E-state index in [9.17, 15) is 18.0 Å². The number of hydrogen-bond acceptors (Lipinski definition) is 5. The Balaban J connectivity index is 1.33. The maximum absolute atomic E-state index is 13.5. The smallest absolute Gasteiger partial charge is 0.371 e. The van der Waals surface area contributed by atoms with E-state index in [2.05, 4.69) is 9.88 Å². The lowest BCUT2D eigenvalue weighted by molar-refractivity contribution is -0.138. The molecular formula is C27H30F3N5O. The SMILES string of the molecule is N#Cc1ccc(N2CCC3(CC2)CC(C(=O)N2CCCC2)N(Cc2ccncc2)C3)cc1C(F)(F)F. The number of hydrogen-bond donors (Lipinski definition) is 0. The molecule has 9 heteroatoms. The lowest BCUT2D eigenvalue weighted by atomic mass is 9.76. The number of alkyl halides is 3. The van der Waals surface area contributed by atoms with Gasteiger partial charge in [0.25, 0.3) is 0 Å². The second-order valence-corrected chi connectivity index (χ2v) is 10.3. The first-order valence-corrected chi connectivity index (χ1v) is 12.6. The van der Waals surface area contributed by atoms with Gasteiger partial charge in [0, 0.05) is 57.3 Å². The van der Waals surface area contributed by atoms with Crippen molar-refractivity contribution in [2.75, 3.05) is 37.6 Å². The van der Waals surface area contributed by atoms with Gasteiger partial charge >= 0.3 is 6.18 Å². The molecule has 190 valence electrons. The van der Waals surface area contributed by atoms with Crippen molar-refractivity contribution < 1.29 is 18.0 Å². The van der Waals surface area contributed by atoms with Gasteiger partial charge in [-0.15, -0.1) is 0 Å². The summed E-state index contributed by atoms with van der Waals surface area (Å²) in [5.74, 6) is 0.211. The average molecular weight is 498 g/mol. The predicted octanol–water partition coefficient (Wildman–Crippen LogP) is 4.46. The van der Waals surface area contributed by atoms with Gasteiger partial charge in [-0.05, 0) is 73.4 Å². The third-order valence-electron chi connectivity index (χ3n) is 8.06. The molecule has 1 aromatic heterocycles. The molecule has 0 aliphatic carbocycles. The Morgan fingerprint density at radius 1 is 1.08 bits per heavy atom. The Hall–Kier alpha value is -3.12. The molecule has 4 heterocycles. The van der Waals surface area contributed by atoms with Crippen molar-refractivity contribution in [3.63, 3.8) is 0 Å². The van der Waals surface area contributed by atoms with Gasteiger partial charge < -0.3 is 9.80 Å². The van der Waals surface area contributed by atoms with Gasteiger partial charge in [0.1, 0.15) is 0 Å². The van der Waals surface area contributed by atoms with E-state index < -0.39 is 11.7 Å². The summed E-state index contributed by atoms with van der Waals surface area (Å²) in [6.45, 7) is 4.37. The number of rotatable bonds is 4. The number of likely N-dealkylation sites (tertiary alicyclic amines) is 2. The standard InChI is InChI=1S/C27H30F3N5O/c28-27(29,30)23-15-22(4-3-21(23)17-31)33-13-7-26(8-14-33)16-24(25(36)34-11-1-2-12-34)35(19-26)18-20-5-9-32-10-6-20/h3-6,9-10,15,24H,1-2,7-8,11-14,16,18-19H2. The van der Waals surface area contributed by atoms with Crippen molar-refractivity contribution in [3.05, 3.63) is 59.4 Å². The second-order valence-electron chi connectivity index (χ2n) is 10.3.